The molecule has 0 aliphatic heterocycles. The van der Waals surface area contributed by atoms with Crippen molar-refractivity contribution in [2.24, 2.45) is 5.90 Å². The Morgan fingerprint density at radius 2 is 1.94 bits per heavy atom. The van der Waals surface area contributed by atoms with Crippen molar-refractivity contribution in [3.63, 3.8) is 0 Å². The van der Waals surface area contributed by atoms with Crippen LogP contribution in [0, 0.1) is 0 Å². The Morgan fingerprint density at radius 3 is 2.56 bits per heavy atom. The number of hydrogen-bond donors (Lipinski definition) is 1. The summed E-state index contributed by atoms with van der Waals surface area (Å²) in [6.45, 7) is 2.22. The van der Waals surface area contributed by atoms with Gasteiger partial charge in [-0.15, -0.1) is 0 Å². The molecule has 0 amide bonds. The zero-order valence-electron chi connectivity index (χ0n) is 10.9. The van der Waals surface area contributed by atoms with Crippen molar-refractivity contribution >= 4 is 12.0 Å². The molecule has 0 aromatic heterocycles. The van der Waals surface area contributed by atoms with E-state index in [0.29, 0.717) is 0 Å². The Labute approximate surface area is 109 Å². The third kappa shape index (κ3) is 5.64. The molecule has 1 aromatic rings. The molecule has 0 saturated carbocycles. The maximum Gasteiger partial charge on any atom is 0.349 e. The number of nitrogens with two attached hydrogens (primary N) is 1. The zero-order chi connectivity index (χ0) is 13.2. The van der Waals surface area contributed by atoms with Crippen LogP contribution in [0.4, 0.5) is 0 Å². The molecular formula is C15H21NO2. The van der Waals surface area contributed by atoms with Gasteiger partial charge in [0.05, 0.1) is 0 Å². The maximum atomic E-state index is 10.8. The van der Waals surface area contributed by atoms with Crippen LogP contribution in [-0.4, -0.2) is 5.97 Å². The fraction of sp³-hybridized carbons (Fsp3) is 0.400. The minimum absolute atomic E-state index is 0.543. The summed E-state index contributed by atoms with van der Waals surface area (Å²) in [6.07, 6.45) is 9.23. The van der Waals surface area contributed by atoms with Crippen LogP contribution in [0.15, 0.2) is 30.3 Å². The molecule has 0 fully saturated rings. The van der Waals surface area contributed by atoms with E-state index in [1.807, 2.05) is 12.1 Å². The van der Waals surface area contributed by atoms with E-state index in [1.54, 1.807) is 6.08 Å². The van der Waals surface area contributed by atoms with Crippen LogP contribution in [0.2, 0.25) is 0 Å². The van der Waals surface area contributed by atoms with E-state index in [4.69, 9.17) is 5.90 Å². The second-order valence-electron chi connectivity index (χ2n) is 4.32. The average Bonchev–Trinajstić information content (AvgIpc) is 2.42. The second kappa shape index (κ2) is 8.48. The van der Waals surface area contributed by atoms with Crippen LogP contribution >= 0.6 is 0 Å². The number of carbonyl (C=O) groups is 1. The van der Waals surface area contributed by atoms with Crippen molar-refractivity contribution in [1.29, 1.82) is 0 Å². The lowest BCUT2D eigenvalue weighted by Crippen LogP contribution is -2.05. The topological polar surface area (TPSA) is 52.3 Å². The van der Waals surface area contributed by atoms with Gasteiger partial charge in [0.2, 0.25) is 0 Å². The van der Waals surface area contributed by atoms with Crippen molar-refractivity contribution in [3.8, 4) is 0 Å². The number of benzene rings is 1. The Balaban J connectivity index is 2.42. The van der Waals surface area contributed by atoms with E-state index < -0.39 is 5.97 Å². The lowest BCUT2D eigenvalue weighted by molar-refractivity contribution is -0.138. The molecule has 0 aliphatic rings. The summed E-state index contributed by atoms with van der Waals surface area (Å²) >= 11 is 0. The van der Waals surface area contributed by atoms with Crippen LogP contribution in [0.25, 0.3) is 6.08 Å². The summed E-state index contributed by atoms with van der Waals surface area (Å²) in [5.74, 6) is 4.20. The Morgan fingerprint density at radius 1 is 1.22 bits per heavy atom. The molecule has 0 heterocycles. The third-order valence-corrected chi connectivity index (χ3v) is 2.83. The normalized spacial score (nSPS) is 10.8. The number of unbranched alkanes of at least 4 members (excludes halogenated alkanes) is 3. The smallest absolute Gasteiger partial charge is 0.349 e. The molecule has 0 radical (unpaired) electrons. The molecule has 1 aromatic carbocycles. The van der Waals surface area contributed by atoms with Crippen LogP contribution in [0.3, 0.4) is 0 Å². The highest BCUT2D eigenvalue weighted by Crippen LogP contribution is 2.10. The minimum atomic E-state index is -0.543. The molecule has 0 atom stereocenters. The molecule has 0 unspecified atom stereocenters. The summed E-state index contributed by atoms with van der Waals surface area (Å²) in [5.41, 5.74) is 2.31. The van der Waals surface area contributed by atoms with Gasteiger partial charge in [-0.1, -0.05) is 50.5 Å². The second-order valence-corrected chi connectivity index (χ2v) is 4.32. The first kappa shape index (κ1) is 14.5. The average molecular weight is 247 g/mol. The van der Waals surface area contributed by atoms with Crippen LogP contribution in [-0.2, 0) is 16.1 Å². The SMILES string of the molecule is CCCCCCc1ccc(C=CC(=O)ON)cc1. The Bertz CT molecular complexity index is 382. The molecule has 18 heavy (non-hydrogen) atoms. The summed E-state index contributed by atoms with van der Waals surface area (Å²) in [6, 6.07) is 8.18. The summed E-state index contributed by atoms with van der Waals surface area (Å²) in [7, 11) is 0. The lowest BCUT2D eigenvalue weighted by atomic mass is 10.0. The van der Waals surface area contributed by atoms with Crippen molar-refractivity contribution < 1.29 is 9.63 Å². The first-order valence-electron chi connectivity index (χ1n) is 6.44. The highest BCUT2D eigenvalue weighted by Gasteiger charge is 1.95. The molecule has 98 valence electrons. The predicted octanol–water partition coefficient (Wildman–Crippen LogP) is 3.24. The van der Waals surface area contributed by atoms with Gasteiger partial charge in [-0.05, 0) is 30.0 Å². The van der Waals surface area contributed by atoms with Gasteiger partial charge in [0.1, 0.15) is 0 Å². The van der Waals surface area contributed by atoms with Crippen LogP contribution in [0.5, 0.6) is 0 Å². The lowest BCUT2D eigenvalue weighted by Gasteiger charge is -2.01. The Kier molecular flexibility index (Phi) is 6.81. The molecule has 3 nitrogen and oxygen atoms in total. The van der Waals surface area contributed by atoms with Gasteiger partial charge in [0.25, 0.3) is 0 Å². The van der Waals surface area contributed by atoms with E-state index in [1.165, 1.54) is 37.3 Å². The van der Waals surface area contributed by atoms with Crippen LogP contribution < -0.4 is 5.90 Å². The van der Waals surface area contributed by atoms with Gasteiger partial charge in [-0.25, -0.2) is 4.79 Å². The van der Waals surface area contributed by atoms with Crippen molar-refractivity contribution in [2.75, 3.05) is 0 Å². The molecule has 0 saturated heterocycles. The quantitative estimate of drug-likeness (QED) is 0.457. The molecule has 2 N–H and O–H groups in total. The fourth-order valence-electron chi connectivity index (χ4n) is 1.75. The van der Waals surface area contributed by atoms with E-state index in [2.05, 4.69) is 23.9 Å². The van der Waals surface area contributed by atoms with E-state index in [0.717, 1.165) is 12.0 Å². The highest BCUT2D eigenvalue weighted by molar-refractivity contribution is 5.86. The van der Waals surface area contributed by atoms with Gasteiger partial charge >= 0.3 is 5.97 Å². The van der Waals surface area contributed by atoms with Gasteiger partial charge < -0.3 is 4.84 Å². The summed E-state index contributed by atoms with van der Waals surface area (Å²) in [5, 5.41) is 0. The number of carbonyl (C=O) groups excluding carboxylic acids is 1. The van der Waals surface area contributed by atoms with E-state index in [9.17, 15) is 4.79 Å². The summed E-state index contributed by atoms with van der Waals surface area (Å²) in [4.78, 5) is 14.9. The van der Waals surface area contributed by atoms with Crippen LogP contribution in [0.1, 0.15) is 43.7 Å². The standard InChI is InChI=1S/C15H21NO2/c1-2-3-4-5-6-13-7-9-14(10-8-13)11-12-15(17)18-16/h7-12H,2-6,16H2,1H3. The monoisotopic (exact) mass is 247 g/mol. The molecular weight excluding hydrogens is 226 g/mol. The fourth-order valence-corrected chi connectivity index (χ4v) is 1.75. The molecule has 3 heteroatoms. The van der Waals surface area contributed by atoms with Gasteiger partial charge in [-0.3, -0.25) is 0 Å². The molecule has 0 spiro atoms. The maximum absolute atomic E-state index is 10.8. The van der Waals surface area contributed by atoms with Gasteiger partial charge in [0, 0.05) is 6.08 Å². The molecule has 0 bridgehead atoms. The van der Waals surface area contributed by atoms with Crippen molar-refractivity contribution in [1.82, 2.24) is 0 Å². The number of hydrogen-bond acceptors (Lipinski definition) is 3. The first-order chi connectivity index (χ1) is 8.76. The predicted molar refractivity (Wildman–Crippen MR) is 73.6 cm³/mol. The van der Waals surface area contributed by atoms with Crippen molar-refractivity contribution in [2.45, 2.75) is 39.0 Å². The number of aryl methyl sites for hydroxylation is 1. The first-order valence-corrected chi connectivity index (χ1v) is 6.44. The molecule has 1 rings (SSSR count). The zero-order valence-corrected chi connectivity index (χ0v) is 10.9. The highest BCUT2D eigenvalue weighted by atomic mass is 16.7. The van der Waals surface area contributed by atoms with Crippen molar-refractivity contribution in [3.05, 3.63) is 41.5 Å². The van der Waals surface area contributed by atoms with Gasteiger partial charge in [0.15, 0.2) is 0 Å². The Hall–Kier alpha value is -1.61. The largest absolute Gasteiger partial charge is 0.370 e. The molecule has 0 aliphatic carbocycles. The van der Waals surface area contributed by atoms with Gasteiger partial charge in [-0.2, -0.15) is 5.90 Å². The van der Waals surface area contributed by atoms with E-state index >= 15 is 0 Å². The number of rotatable bonds is 7. The minimum Gasteiger partial charge on any atom is -0.370 e. The third-order valence-electron chi connectivity index (χ3n) is 2.83. The van der Waals surface area contributed by atoms with E-state index in [-0.39, 0.29) is 0 Å². The summed E-state index contributed by atoms with van der Waals surface area (Å²) < 4.78 is 0.